The molecule has 1 aromatic carbocycles. The van der Waals surface area contributed by atoms with Crippen molar-refractivity contribution in [3.8, 4) is 11.5 Å². The quantitative estimate of drug-likeness (QED) is 0.356. The van der Waals surface area contributed by atoms with E-state index in [0.717, 1.165) is 24.0 Å². The molecule has 2 rings (SSSR count). The minimum absolute atomic E-state index is 0. The number of hydrogen-bond acceptors (Lipinski definition) is 4. The monoisotopic (exact) mass is 479 g/mol. The van der Waals surface area contributed by atoms with Crippen molar-refractivity contribution in [2.45, 2.75) is 37.5 Å². The topological polar surface area (TPSA) is 54.9 Å². The molecule has 5 nitrogen and oxygen atoms in total. The van der Waals surface area contributed by atoms with E-state index >= 15 is 0 Å². The molecule has 25 heavy (non-hydrogen) atoms. The molecule has 0 aliphatic carbocycles. The number of rotatable bonds is 7. The van der Waals surface area contributed by atoms with E-state index in [1.54, 1.807) is 14.2 Å². The summed E-state index contributed by atoms with van der Waals surface area (Å²) in [5.41, 5.74) is 0. The third-order valence-corrected chi connectivity index (χ3v) is 5.65. The molecule has 2 unspecified atom stereocenters. The molecule has 2 N–H and O–H groups in total. The van der Waals surface area contributed by atoms with Gasteiger partial charge in [-0.3, -0.25) is 4.99 Å². The summed E-state index contributed by atoms with van der Waals surface area (Å²) in [5.74, 6) is 3.75. The van der Waals surface area contributed by atoms with Gasteiger partial charge in [0.2, 0.25) is 0 Å². The number of benzene rings is 1. The van der Waals surface area contributed by atoms with Crippen molar-refractivity contribution >= 4 is 41.7 Å². The van der Waals surface area contributed by atoms with E-state index in [2.05, 4.69) is 22.5 Å². The van der Waals surface area contributed by atoms with Gasteiger partial charge in [0.25, 0.3) is 0 Å². The lowest BCUT2D eigenvalue weighted by atomic mass is 10.1. The highest BCUT2D eigenvalue weighted by molar-refractivity contribution is 14.0. The Hall–Kier alpha value is -0.830. The Morgan fingerprint density at radius 3 is 2.52 bits per heavy atom. The van der Waals surface area contributed by atoms with E-state index in [0.29, 0.717) is 11.3 Å². The van der Waals surface area contributed by atoms with Gasteiger partial charge in [0.1, 0.15) is 17.6 Å². The highest BCUT2D eigenvalue weighted by Crippen LogP contribution is 2.36. The molecule has 0 spiro atoms. The minimum atomic E-state index is 0. The second-order valence-corrected chi connectivity index (χ2v) is 8.00. The number of methoxy groups -OCH3 is 1. The lowest BCUT2D eigenvalue weighted by molar-refractivity contribution is 0.223. The van der Waals surface area contributed by atoms with Crippen LogP contribution in [0.2, 0.25) is 0 Å². The zero-order valence-electron chi connectivity index (χ0n) is 15.5. The fourth-order valence-electron chi connectivity index (χ4n) is 2.64. The van der Waals surface area contributed by atoms with Gasteiger partial charge in [-0.25, -0.2) is 0 Å². The summed E-state index contributed by atoms with van der Waals surface area (Å²) in [5, 5.41) is 6.77. The van der Waals surface area contributed by atoms with Crippen molar-refractivity contribution in [3.05, 3.63) is 24.3 Å². The van der Waals surface area contributed by atoms with Gasteiger partial charge in [0.15, 0.2) is 5.96 Å². The SMILES string of the molecule is CN=C(NCC(C)Oc1ccc(OC)cc1)NCC1(C)CCCS1.I. The molecule has 0 aromatic heterocycles. The Morgan fingerprint density at radius 2 is 1.96 bits per heavy atom. The fraction of sp³-hybridized carbons (Fsp3) is 0.611. The van der Waals surface area contributed by atoms with Crippen LogP contribution in [0.1, 0.15) is 26.7 Å². The second kappa shape index (κ2) is 11.0. The summed E-state index contributed by atoms with van der Waals surface area (Å²) in [6.07, 6.45) is 2.61. The van der Waals surface area contributed by atoms with Gasteiger partial charge >= 0.3 is 0 Å². The number of nitrogens with zero attached hydrogens (tertiary/aromatic N) is 1. The number of halogens is 1. The van der Waals surface area contributed by atoms with Crippen LogP contribution in [-0.4, -0.2) is 49.8 Å². The molecule has 7 heteroatoms. The average Bonchev–Trinajstić information content (AvgIpc) is 3.02. The first-order chi connectivity index (χ1) is 11.5. The molecule has 1 saturated heterocycles. The molecular formula is C18H30IN3O2S. The third kappa shape index (κ3) is 7.52. The molecular weight excluding hydrogens is 449 g/mol. The zero-order chi connectivity index (χ0) is 17.4. The molecule has 0 saturated carbocycles. The molecule has 2 atom stereocenters. The number of ether oxygens (including phenoxy) is 2. The van der Waals surface area contributed by atoms with Crippen LogP contribution in [0.5, 0.6) is 11.5 Å². The smallest absolute Gasteiger partial charge is 0.191 e. The van der Waals surface area contributed by atoms with Gasteiger partial charge in [-0.15, -0.1) is 24.0 Å². The summed E-state index contributed by atoms with van der Waals surface area (Å²) in [6, 6.07) is 7.63. The standard InChI is InChI=1S/C18H29N3O2S.HI/c1-14(23-16-8-6-15(22-4)7-9-16)12-20-17(19-3)21-13-18(2)10-5-11-24-18;/h6-9,14H,5,10-13H2,1-4H3,(H2,19,20,21);1H. The molecule has 1 aromatic rings. The number of hydrogen-bond donors (Lipinski definition) is 2. The Kier molecular flexibility index (Phi) is 9.78. The molecule has 1 fully saturated rings. The predicted octanol–water partition coefficient (Wildman–Crippen LogP) is 3.53. The van der Waals surface area contributed by atoms with Crippen molar-refractivity contribution in [2.75, 3.05) is 33.0 Å². The average molecular weight is 479 g/mol. The fourth-order valence-corrected chi connectivity index (χ4v) is 3.88. The Bertz CT molecular complexity index is 534. The number of aliphatic imine (C=N–C) groups is 1. The van der Waals surface area contributed by atoms with E-state index in [4.69, 9.17) is 9.47 Å². The summed E-state index contributed by atoms with van der Waals surface area (Å²) in [4.78, 5) is 4.29. The molecule has 0 radical (unpaired) electrons. The Morgan fingerprint density at radius 1 is 1.28 bits per heavy atom. The minimum Gasteiger partial charge on any atom is -0.497 e. The van der Waals surface area contributed by atoms with Crippen molar-refractivity contribution in [2.24, 2.45) is 4.99 Å². The molecule has 1 aliphatic rings. The number of guanidine groups is 1. The van der Waals surface area contributed by atoms with Crippen LogP contribution in [0.3, 0.4) is 0 Å². The van der Waals surface area contributed by atoms with Crippen molar-refractivity contribution in [1.82, 2.24) is 10.6 Å². The Labute approximate surface area is 172 Å². The summed E-state index contributed by atoms with van der Waals surface area (Å²) >= 11 is 2.05. The van der Waals surface area contributed by atoms with Crippen molar-refractivity contribution in [3.63, 3.8) is 0 Å². The van der Waals surface area contributed by atoms with Crippen LogP contribution in [-0.2, 0) is 0 Å². The maximum Gasteiger partial charge on any atom is 0.191 e. The highest BCUT2D eigenvalue weighted by atomic mass is 127. The van der Waals surface area contributed by atoms with Crippen LogP contribution >= 0.6 is 35.7 Å². The molecule has 0 amide bonds. The maximum absolute atomic E-state index is 5.90. The van der Waals surface area contributed by atoms with Crippen molar-refractivity contribution < 1.29 is 9.47 Å². The molecule has 142 valence electrons. The van der Waals surface area contributed by atoms with Crippen LogP contribution in [0.15, 0.2) is 29.3 Å². The van der Waals surface area contributed by atoms with Gasteiger partial charge in [-0.05, 0) is 56.7 Å². The van der Waals surface area contributed by atoms with Crippen LogP contribution in [0.4, 0.5) is 0 Å². The van der Waals surface area contributed by atoms with Crippen molar-refractivity contribution in [1.29, 1.82) is 0 Å². The summed E-state index contributed by atoms with van der Waals surface area (Å²) < 4.78 is 11.4. The van der Waals surface area contributed by atoms with Crippen LogP contribution in [0, 0.1) is 0 Å². The first-order valence-corrected chi connectivity index (χ1v) is 9.42. The first-order valence-electron chi connectivity index (χ1n) is 8.44. The second-order valence-electron chi connectivity index (χ2n) is 6.31. The summed E-state index contributed by atoms with van der Waals surface area (Å²) in [7, 11) is 3.46. The van der Waals surface area contributed by atoms with Gasteiger partial charge in [-0.1, -0.05) is 0 Å². The normalized spacial score (nSPS) is 21.2. The van der Waals surface area contributed by atoms with Crippen LogP contribution in [0.25, 0.3) is 0 Å². The van der Waals surface area contributed by atoms with Gasteiger partial charge < -0.3 is 20.1 Å². The predicted molar refractivity (Wildman–Crippen MR) is 118 cm³/mol. The lowest BCUT2D eigenvalue weighted by Gasteiger charge is -2.25. The molecule has 1 aliphatic heterocycles. The van der Waals surface area contributed by atoms with E-state index in [1.807, 2.05) is 43.0 Å². The van der Waals surface area contributed by atoms with E-state index in [1.165, 1.54) is 18.6 Å². The largest absolute Gasteiger partial charge is 0.497 e. The number of nitrogens with one attached hydrogen (secondary N) is 2. The van der Waals surface area contributed by atoms with Gasteiger partial charge in [-0.2, -0.15) is 11.8 Å². The van der Waals surface area contributed by atoms with Gasteiger partial charge in [0, 0.05) is 18.3 Å². The van der Waals surface area contributed by atoms with Gasteiger partial charge in [0.05, 0.1) is 13.7 Å². The molecule has 0 bridgehead atoms. The zero-order valence-corrected chi connectivity index (χ0v) is 18.6. The van der Waals surface area contributed by atoms with E-state index in [9.17, 15) is 0 Å². The first kappa shape index (κ1) is 22.2. The lowest BCUT2D eigenvalue weighted by Crippen LogP contribution is -2.46. The number of thioether (sulfide) groups is 1. The van der Waals surface area contributed by atoms with Crippen LogP contribution < -0.4 is 20.1 Å². The highest BCUT2D eigenvalue weighted by Gasteiger charge is 2.29. The molecule has 1 heterocycles. The third-order valence-electron chi connectivity index (χ3n) is 4.11. The maximum atomic E-state index is 5.90. The van der Waals surface area contributed by atoms with E-state index in [-0.39, 0.29) is 30.1 Å². The summed E-state index contributed by atoms with van der Waals surface area (Å²) in [6.45, 7) is 5.99. The van der Waals surface area contributed by atoms with E-state index < -0.39 is 0 Å². The Balaban J connectivity index is 0.00000312.